The Balaban J connectivity index is 1.11. The summed E-state index contributed by atoms with van der Waals surface area (Å²) in [5.41, 5.74) is 4.79. The minimum absolute atomic E-state index is 0.109. The van der Waals surface area contributed by atoms with Crippen LogP contribution in [0.25, 0.3) is 22.3 Å². The van der Waals surface area contributed by atoms with Gasteiger partial charge in [0.25, 0.3) is 0 Å². The molecule has 1 amide bonds. The van der Waals surface area contributed by atoms with E-state index in [0.717, 1.165) is 84.3 Å². The van der Waals surface area contributed by atoms with Gasteiger partial charge in [-0.3, -0.25) is 4.79 Å². The van der Waals surface area contributed by atoms with Crippen LogP contribution in [0.15, 0.2) is 67.6 Å². The van der Waals surface area contributed by atoms with Crippen LogP contribution in [0.3, 0.4) is 0 Å². The van der Waals surface area contributed by atoms with Crippen LogP contribution in [-0.2, 0) is 9.53 Å². The Bertz CT molecular complexity index is 1440. The first-order valence-electron chi connectivity index (χ1n) is 13.3. The molecule has 2 fully saturated rings. The number of H-pyrrole nitrogens is 1. The number of amides is 1. The molecular weight excluding hydrogens is 492 g/mol. The van der Waals surface area contributed by atoms with E-state index in [1.54, 1.807) is 6.33 Å². The molecule has 3 aromatic heterocycles. The van der Waals surface area contributed by atoms with Gasteiger partial charge in [-0.25, -0.2) is 15.0 Å². The number of carbonyl (C=O) groups excluding carboxylic acids is 1. The summed E-state index contributed by atoms with van der Waals surface area (Å²) in [5, 5.41) is 7.45. The SMILES string of the molecule is C=CC(=O)N[C@@H]1CCCN(c2ccc(Nc3ccc(-c4cc5c(N6CCOCC6)ncnc5[nH]4)cc3)cn2)C1. The molecule has 1 atom stereocenters. The standard InChI is InChI=1S/C29H32N8O2/c1-2-27(38)34-23-4-3-11-37(18-23)26-10-9-22(17-30-26)33-21-7-5-20(6-8-21)25-16-24-28(35-25)31-19-32-29(24)36-12-14-39-15-13-36/h2,5-10,16-17,19,23,33H,1,3-4,11-15,18H2,(H,34,38)(H,31,32,35)/t23-/m1/s1. The number of ether oxygens (including phenoxy) is 1. The van der Waals surface area contributed by atoms with Crippen molar-refractivity contribution in [3.63, 3.8) is 0 Å². The fraction of sp³-hybridized carbons (Fsp3) is 0.310. The van der Waals surface area contributed by atoms with Gasteiger partial charge in [0.15, 0.2) is 0 Å². The lowest BCUT2D eigenvalue weighted by atomic mass is 10.1. The number of piperidine rings is 1. The lowest BCUT2D eigenvalue weighted by Gasteiger charge is -2.33. The van der Waals surface area contributed by atoms with Crippen molar-refractivity contribution in [3.05, 3.63) is 67.6 Å². The molecule has 0 unspecified atom stereocenters. The Hall–Kier alpha value is -4.44. The first kappa shape index (κ1) is 24.9. The number of pyridine rings is 1. The number of anilines is 4. The number of carbonyl (C=O) groups is 1. The molecule has 10 heteroatoms. The molecule has 2 aliphatic rings. The van der Waals surface area contributed by atoms with Gasteiger partial charge < -0.3 is 30.2 Å². The summed E-state index contributed by atoms with van der Waals surface area (Å²) in [5.74, 6) is 1.73. The van der Waals surface area contributed by atoms with Crippen LogP contribution >= 0.6 is 0 Å². The molecule has 0 saturated carbocycles. The molecule has 5 heterocycles. The van der Waals surface area contributed by atoms with Gasteiger partial charge in [-0.15, -0.1) is 0 Å². The van der Waals surface area contributed by atoms with Gasteiger partial charge in [0.2, 0.25) is 5.91 Å². The van der Waals surface area contributed by atoms with Crippen molar-refractivity contribution in [1.82, 2.24) is 25.3 Å². The van der Waals surface area contributed by atoms with E-state index in [1.807, 2.05) is 18.3 Å². The van der Waals surface area contributed by atoms with E-state index in [2.05, 4.69) is 77.3 Å². The first-order chi connectivity index (χ1) is 19.2. The fourth-order valence-electron chi connectivity index (χ4n) is 5.22. The van der Waals surface area contributed by atoms with Crippen molar-refractivity contribution in [2.24, 2.45) is 0 Å². The molecule has 0 spiro atoms. The molecular formula is C29H32N8O2. The van der Waals surface area contributed by atoms with E-state index >= 15 is 0 Å². The predicted octanol–water partition coefficient (Wildman–Crippen LogP) is 3.87. The molecule has 200 valence electrons. The number of nitrogens with one attached hydrogen (secondary N) is 3. The Morgan fingerprint density at radius 2 is 1.85 bits per heavy atom. The largest absolute Gasteiger partial charge is 0.378 e. The molecule has 0 aliphatic carbocycles. The Labute approximate surface area is 227 Å². The van der Waals surface area contributed by atoms with E-state index in [0.29, 0.717) is 13.2 Å². The lowest BCUT2D eigenvalue weighted by Crippen LogP contribution is -2.47. The summed E-state index contributed by atoms with van der Waals surface area (Å²) in [6.45, 7) is 8.29. The third-order valence-electron chi connectivity index (χ3n) is 7.22. The van der Waals surface area contributed by atoms with Crippen LogP contribution in [-0.4, -0.2) is 71.3 Å². The van der Waals surface area contributed by atoms with Gasteiger partial charge in [0, 0.05) is 43.6 Å². The van der Waals surface area contributed by atoms with Crippen LogP contribution in [0.2, 0.25) is 0 Å². The van der Waals surface area contributed by atoms with Crippen LogP contribution in [0.5, 0.6) is 0 Å². The number of morpholine rings is 1. The Kier molecular flexibility index (Phi) is 7.09. The highest BCUT2D eigenvalue weighted by molar-refractivity contribution is 5.92. The zero-order chi connectivity index (χ0) is 26.6. The third kappa shape index (κ3) is 5.56. The lowest BCUT2D eigenvalue weighted by molar-refractivity contribution is -0.117. The predicted molar refractivity (Wildman–Crippen MR) is 153 cm³/mol. The van der Waals surface area contributed by atoms with Crippen molar-refractivity contribution in [3.8, 4) is 11.3 Å². The Morgan fingerprint density at radius 1 is 1.03 bits per heavy atom. The topological polar surface area (TPSA) is 111 Å². The zero-order valence-electron chi connectivity index (χ0n) is 21.8. The van der Waals surface area contributed by atoms with Gasteiger partial charge in [-0.1, -0.05) is 18.7 Å². The number of fused-ring (bicyclic) bond motifs is 1. The van der Waals surface area contributed by atoms with Crippen molar-refractivity contribution < 1.29 is 9.53 Å². The fourth-order valence-corrected chi connectivity index (χ4v) is 5.22. The van der Waals surface area contributed by atoms with E-state index in [9.17, 15) is 4.79 Å². The summed E-state index contributed by atoms with van der Waals surface area (Å²) in [7, 11) is 0. The zero-order valence-corrected chi connectivity index (χ0v) is 21.8. The van der Waals surface area contributed by atoms with E-state index in [4.69, 9.17) is 4.74 Å². The van der Waals surface area contributed by atoms with Gasteiger partial charge in [-0.05, 0) is 54.8 Å². The van der Waals surface area contributed by atoms with E-state index < -0.39 is 0 Å². The second kappa shape index (κ2) is 11.1. The number of hydrogen-bond acceptors (Lipinski definition) is 8. The van der Waals surface area contributed by atoms with Crippen LogP contribution in [0.1, 0.15) is 12.8 Å². The minimum atomic E-state index is -0.128. The molecule has 1 aromatic carbocycles. The maximum atomic E-state index is 11.7. The second-order valence-corrected chi connectivity index (χ2v) is 9.85. The average molecular weight is 525 g/mol. The Morgan fingerprint density at radius 3 is 2.62 bits per heavy atom. The van der Waals surface area contributed by atoms with Crippen molar-refractivity contribution in [2.45, 2.75) is 18.9 Å². The molecule has 2 aliphatic heterocycles. The molecule has 2 saturated heterocycles. The molecule has 3 N–H and O–H groups in total. The van der Waals surface area contributed by atoms with Gasteiger partial charge in [0.05, 0.1) is 30.5 Å². The highest BCUT2D eigenvalue weighted by Gasteiger charge is 2.22. The summed E-state index contributed by atoms with van der Waals surface area (Å²) in [6, 6.07) is 14.6. The number of aromatic nitrogens is 4. The maximum absolute atomic E-state index is 11.7. The second-order valence-electron chi connectivity index (χ2n) is 9.85. The average Bonchev–Trinajstić information content (AvgIpc) is 3.43. The summed E-state index contributed by atoms with van der Waals surface area (Å²) >= 11 is 0. The van der Waals surface area contributed by atoms with E-state index in [1.165, 1.54) is 6.08 Å². The van der Waals surface area contributed by atoms with E-state index in [-0.39, 0.29) is 11.9 Å². The normalized spacial score (nSPS) is 17.7. The summed E-state index contributed by atoms with van der Waals surface area (Å²) in [6.07, 6.45) is 6.75. The van der Waals surface area contributed by atoms with Gasteiger partial charge in [0.1, 0.15) is 23.6 Å². The number of rotatable bonds is 7. The smallest absolute Gasteiger partial charge is 0.243 e. The van der Waals surface area contributed by atoms with Crippen molar-refractivity contribution in [2.75, 3.05) is 54.5 Å². The number of hydrogen-bond donors (Lipinski definition) is 3. The molecule has 0 radical (unpaired) electrons. The quantitative estimate of drug-likeness (QED) is 0.313. The highest BCUT2D eigenvalue weighted by atomic mass is 16.5. The minimum Gasteiger partial charge on any atom is -0.378 e. The number of nitrogens with zero attached hydrogens (tertiary/aromatic N) is 5. The highest BCUT2D eigenvalue weighted by Crippen LogP contribution is 2.30. The van der Waals surface area contributed by atoms with Crippen molar-refractivity contribution in [1.29, 1.82) is 0 Å². The molecule has 0 bridgehead atoms. The number of benzene rings is 1. The van der Waals surface area contributed by atoms with Crippen molar-refractivity contribution >= 4 is 40.0 Å². The van der Waals surface area contributed by atoms with Gasteiger partial charge in [-0.2, -0.15) is 0 Å². The van der Waals surface area contributed by atoms with Crippen LogP contribution in [0, 0.1) is 0 Å². The number of aromatic amines is 1. The van der Waals surface area contributed by atoms with Gasteiger partial charge >= 0.3 is 0 Å². The molecule has 39 heavy (non-hydrogen) atoms. The maximum Gasteiger partial charge on any atom is 0.243 e. The molecule has 10 nitrogen and oxygen atoms in total. The summed E-state index contributed by atoms with van der Waals surface area (Å²) in [4.78, 5) is 33.3. The molecule has 6 rings (SSSR count). The van der Waals surface area contributed by atoms with Crippen LogP contribution in [0.4, 0.5) is 23.0 Å². The summed E-state index contributed by atoms with van der Waals surface area (Å²) < 4.78 is 5.49. The third-order valence-corrected chi connectivity index (χ3v) is 7.22. The monoisotopic (exact) mass is 524 g/mol. The first-order valence-corrected chi connectivity index (χ1v) is 13.3. The van der Waals surface area contributed by atoms with Crippen LogP contribution < -0.4 is 20.4 Å². The molecule has 4 aromatic rings.